The van der Waals surface area contributed by atoms with Crippen molar-refractivity contribution in [3.05, 3.63) is 21.3 Å². The average molecular weight is 528 g/mol. The molecule has 0 saturated heterocycles. The average Bonchev–Trinajstić information content (AvgIpc) is 2.24. The summed E-state index contributed by atoms with van der Waals surface area (Å²) in [6.45, 7) is 25.2. The maximum atomic E-state index is 4.28. The number of hydrogen-bond acceptors (Lipinski definition) is 0. The Morgan fingerprint density at radius 3 is 0.440 bits per heavy atom. The molecule has 0 atom stereocenters. The van der Waals surface area contributed by atoms with Gasteiger partial charge in [-0.05, 0) is 0 Å². The maximum Gasteiger partial charge on any atom is 0 e. The Balaban J connectivity index is -0.0000000727. The molecule has 0 aliphatic rings. The van der Waals surface area contributed by atoms with Gasteiger partial charge in [-0.3, -0.25) is 0 Å². The predicted molar refractivity (Wildman–Crippen MR) is 116 cm³/mol. The van der Waals surface area contributed by atoms with Crippen molar-refractivity contribution in [1.29, 1.82) is 0 Å². The quantitative estimate of drug-likeness (QED) is 0.352. The fourth-order valence-corrected chi connectivity index (χ4v) is 1.79. The summed E-state index contributed by atoms with van der Waals surface area (Å²) in [5, 5.41) is 16.3. The molecule has 4 nitrogen and oxygen atoms in total. The summed E-state index contributed by atoms with van der Waals surface area (Å²) in [4.78, 5) is 0. The van der Waals surface area contributed by atoms with E-state index >= 15 is 0 Å². The first-order valence-electron chi connectivity index (χ1n) is 9.37. The zero-order valence-electron chi connectivity index (χ0n) is 19.7. The molecule has 0 radical (unpaired) electrons. The Bertz CT molecular complexity index is 155. The molecule has 0 aliphatic heterocycles. The van der Waals surface area contributed by atoms with Gasteiger partial charge in [-0.15, -0.1) is 36.3 Å². The van der Waals surface area contributed by atoms with Gasteiger partial charge in [0.25, 0.3) is 0 Å². The van der Waals surface area contributed by atoms with Gasteiger partial charge in [-0.1, -0.05) is 83.1 Å². The van der Waals surface area contributed by atoms with Crippen molar-refractivity contribution in [2.75, 3.05) is 14.1 Å². The van der Waals surface area contributed by atoms with Crippen LogP contribution in [0.25, 0.3) is 21.3 Å². The monoisotopic (exact) mass is 528 g/mol. The zero-order valence-corrected chi connectivity index (χ0v) is 22.6. The second-order valence-electron chi connectivity index (χ2n) is 7.46. The minimum absolute atomic E-state index is 0. The molecule has 0 amide bonds. The minimum atomic E-state index is 0. The van der Waals surface area contributed by atoms with Crippen molar-refractivity contribution in [3.8, 4) is 0 Å². The van der Waals surface area contributed by atoms with Crippen LogP contribution in [0.1, 0.15) is 83.1 Å². The van der Waals surface area contributed by atoms with Crippen molar-refractivity contribution in [3.63, 3.8) is 0 Å². The Morgan fingerprint density at radius 1 is 0.360 bits per heavy atom. The Kier molecular flexibility index (Phi) is 39.0. The van der Waals surface area contributed by atoms with E-state index in [9.17, 15) is 0 Å². The number of nitrogens with zero attached hydrogens (tertiary/aromatic N) is 4. The molecule has 0 aromatic rings. The van der Waals surface area contributed by atoms with Crippen molar-refractivity contribution >= 4 is 0 Å². The van der Waals surface area contributed by atoms with Crippen LogP contribution in [-0.4, -0.2) is 50.3 Å². The van der Waals surface area contributed by atoms with Crippen LogP contribution >= 0.6 is 0 Å². The molecular weight excluding hydrogens is 480 g/mol. The molecule has 0 unspecified atom stereocenters. The van der Waals surface area contributed by atoms with Gasteiger partial charge >= 0.3 is 0 Å². The van der Waals surface area contributed by atoms with Crippen LogP contribution in [0.4, 0.5) is 0 Å². The molecule has 0 heterocycles. The third-order valence-electron chi connectivity index (χ3n) is 1.79. The Morgan fingerprint density at radius 2 is 0.440 bits per heavy atom. The molecule has 0 rings (SSSR count). The topological polar surface area (TPSA) is 56.4 Å². The summed E-state index contributed by atoms with van der Waals surface area (Å²) in [5.74, 6) is 0. The van der Waals surface area contributed by atoms with Crippen LogP contribution in [0, 0.1) is 0 Å². The van der Waals surface area contributed by atoms with Gasteiger partial charge in [-0.25, -0.2) is 0 Å². The largest absolute Gasteiger partial charge is 0.668 e. The SMILES string of the molecule is CC(C)[N-]C(C)C.CC(C)[N-]C(C)C.CC(C)[N-]C(C)C.C[N-]C.[W]. The zero-order chi connectivity index (χ0) is 20.3. The molecule has 0 aliphatic carbocycles. The first-order chi connectivity index (χ1) is 10.8. The van der Waals surface area contributed by atoms with Crippen LogP contribution in [-0.2, 0) is 21.1 Å². The summed E-state index contributed by atoms with van der Waals surface area (Å²) >= 11 is 0. The van der Waals surface area contributed by atoms with E-state index in [0.717, 1.165) is 0 Å². The Hall–Kier alpha value is 0.528. The van der Waals surface area contributed by atoms with E-state index in [1.54, 1.807) is 14.1 Å². The third kappa shape index (κ3) is 79.3. The van der Waals surface area contributed by atoms with Gasteiger partial charge in [0.2, 0.25) is 0 Å². The van der Waals surface area contributed by atoms with Gasteiger partial charge < -0.3 is 21.3 Å². The van der Waals surface area contributed by atoms with Gasteiger partial charge in [0.1, 0.15) is 0 Å². The van der Waals surface area contributed by atoms with Gasteiger partial charge in [0, 0.05) is 21.1 Å². The van der Waals surface area contributed by atoms with E-state index in [4.69, 9.17) is 0 Å². The summed E-state index contributed by atoms with van der Waals surface area (Å²) in [6.07, 6.45) is 0. The molecule has 5 heteroatoms. The van der Waals surface area contributed by atoms with E-state index in [1.165, 1.54) is 0 Å². The fourth-order valence-electron chi connectivity index (χ4n) is 1.79. The van der Waals surface area contributed by atoms with Gasteiger partial charge in [0.15, 0.2) is 0 Å². The van der Waals surface area contributed by atoms with Crippen molar-refractivity contribution in [2.24, 2.45) is 0 Å². The summed E-state index contributed by atoms with van der Waals surface area (Å²) < 4.78 is 0. The van der Waals surface area contributed by atoms with Crippen LogP contribution in [0.2, 0.25) is 0 Å². The fraction of sp³-hybridized carbons (Fsp3) is 1.00. The van der Waals surface area contributed by atoms with Gasteiger partial charge in [-0.2, -0.15) is 14.1 Å². The predicted octanol–water partition coefficient (Wildman–Crippen LogP) is 7.15. The molecular formula is C20H48N4W-4. The molecule has 0 saturated carbocycles. The van der Waals surface area contributed by atoms with Crippen molar-refractivity contribution in [1.82, 2.24) is 0 Å². The van der Waals surface area contributed by atoms with Crippen molar-refractivity contribution in [2.45, 2.75) is 119 Å². The Labute approximate surface area is 175 Å². The van der Waals surface area contributed by atoms with Gasteiger partial charge in [0.05, 0.1) is 0 Å². The molecule has 0 bridgehead atoms. The van der Waals surface area contributed by atoms with Crippen LogP contribution < -0.4 is 0 Å². The summed E-state index contributed by atoms with van der Waals surface area (Å²) in [7, 11) is 3.50. The molecule has 25 heavy (non-hydrogen) atoms. The van der Waals surface area contributed by atoms with Crippen LogP contribution in [0.5, 0.6) is 0 Å². The van der Waals surface area contributed by atoms with Crippen LogP contribution in [0.15, 0.2) is 0 Å². The number of rotatable bonds is 6. The third-order valence-corrected chi connectivity index (χ3v) is 1.79. The van der Waals surface area contributed by atoms with E-state index in [2.05, 4.69) is 104 Å². The molecule has 0 fully saturated rings. The van der Waals surface area contributed by atoms with E-state index in [-0.39, 0.29) is 21.1 Å². The van der Waals surface area contributed by atoms with E-state index < -0.39 is 0 Å². The first kappa shape index (κ1) is 36.4. The second kappa shape index (κ2) is 26.8. The molecule has 0 aromatic carbocycles. The molecule has 0 N–H and O–H groups in total. The van der Waals surface area contributed by atoms with E-state index in [1.807, 2.05) is 0 Å². The summed E-state index contributed by atoms with van der Waals surface area (Å²) in [6, 6.07) is 3.00. The summed E-state index contributed by atoms with van der Waals surface area (Å²) in [5.41, 5.74) is 0. The maximum absolute atomic E-state index is 4.28. The standard InChI is InChI=1S/3C6H14N.C2H6N.W/c3*1-5(2)7-6(3)4;1-3-2;/h3*5-6H,1-4H3;1-2H3;/q4*-1;. The normalized spacial score (nSPS) is 10.1. The smallest absolute Gasteiger partial charge is 0 e. The minimum Gasteiger partial charge on any atom is -0.668 e. The van der Waals surface area contributed by atoms with Crippen molar-refractivity contribution < 1.29 is 21.1 Å². The second-order valence-corrected chi connectivity index (χ2v) is 7.46. The number of hydrogen-bond donors (Lipinski definition) is 0. The molecule has 0 spiro atoms. The van der Waals surface area contributed by atoms with E-state index in [0.29, 0.717) is 36.3 Å². The van der Waals surface area contributed by atoms with Crippen LogP contribution in [0.3, 0.4) is 0 Å². The first-order valence-corrected chi connectivity index (χ1v) is 9.37. The molecule has 0 aromatic heterocycles. The molecule has 158 valence electrons.